The van der Waals surface area contributed by atoms with Crippen LogP contribution in [-0.4, -0.2) is 36.2 Å². The molecule has 0 unspecified atom stereocenters. The number of aromatic carboxylic acids is 1. The molecule has 0 bridgehead atoms. The number of hydrogen-bond donors (Lipinski definition) is 1. The Kier molecular flexibility index (Phi) is 9.34. The van der Waals surface area contributed by atoms with Crippen LogP contribution in [0, 0.1) is 27.7 Å². The van der Waals surface area contributed by atoms with E-state index in [-0.39, 0.29) is 12.5 Å². The van der Waals surface area contributed by atoms with Crippen molar-refractivity contribution in [2.75, 3.05) is 20.5 Å². The van der Waals surface area contributed by atoms with Crippen molar-refractivity contribution < 1.29 is 24.1 Å². The molecule has 0 saturated heterocycles. The lowest BCUT2D eigenvalue weighted by Crippen LogP contribution is -2.11. The molecule has 0 aliphatic carbocycles. The minimum absolute atomic E-state index is 0.152. The molecule has 6 nitrogen and oxygen atoms in total. The summed E-state index contributed by atoms with van der Waals surface area (Å²) >= 11 is 13.2. The van der Waals surface area contributed by atoms with E-state index in [1.54, 1.807) is 7.11 Å². The third-order valence-corrected chi connectivity index (χ3v) is 8.06. The summed E-state index contributed by atoms with van der Waals surface area (Å²) in [5.41, 5.74) is 7.56. The zero-order chi connectivity index (χ0) is 29.1. The Morgan fingerprint density at radius 3 is 2.08 bits per heavy atom. The summed E-state index contributed by atoms with van der Waals surface area (Å²) in [5, 5.41) is 12.5. The molecule has 40 heavy (non-hydrogen) atoms. The third-order valence-electron chi connectivity index (χ3n) is 7.15. The maximum absolute atomic E-state index is 12.6. The molecule has 0 spiro atoms. The zero-order valence-electron chi connectivity index (χ0n) is 23.8. The van der Waals surface area contributed by atoms with Crippen molar-refractivity contribution in [3.8, 4) is 22.6 Å². The maximum Gasteiger partial charge on any atom is 0.352 e. The average Bonchev–Trinajstić information content (AvgIpc) is 3.22. The quantitative estimate of drug-likeness (QED) is 0.141. The van der Waals surface area contributed by atoms with Crippen LogP contribution < -0.4 is 9.47 Å². The number of ether oxygens (including phenoxy) is 3. The number of aromatic nitrogens is 1. The molecule has 8 heteroatoms. The third kappa shape index (κ3) is 5.80. The molecule has 0 amide bonds. The van der Waals surface area contributed by atoms with Crippen LogP contribution in [0.1, 0.15) is 51.7 Å². The van der Waals surface area contributed by atoms with Gasteiger partial charge in [0.2, 0.25) is 0 Å². The van der Waals surface area contributed by atoms with Gasteiger partial charge in [-0.2, -0.15) is 0 Å². The summed E-state index contributed by atoms with van der Waals surface area (Å²) in [4.78, 5) is 12.6. The fourth-order valence-corrected chi connectivity index (χ4v) is 5.86. The number of hydrogen-bond acceptors (Lipinski definition) is 4. The molecular formula is C32H35Cl2NO5. The van der Waals surface area contributed by atoms with Gasteiger partial charge in [-0.15, -0.1) is 0 Å². The van der Waals surface area contributed by atoms with Crippen LogP contribution in [0.2, 0.25) is 10.0 Å². The molecule has 1 heterocycles. The van der Waals surface area contributed by atoms with Crippen LogP contribution in [0.15, 0.2) is 36.4 Å². The van der Waals surface area contributed by atoms with Crippen molar-refractivity contribution in [3.05, 3.63) is 80.0 Å². The molecule has 0 atom stereocenters. The number of aryl methyl sites for hydroxylation is 6. The van der Waals surface area contributed by atoms with Gasteiger partial charge < -0.3 is 23.9 Å². The molecule has 1 N–H and O–H groups in total. The fraction of sp³-hybridized carbons (Fsp3) is 0.344. The van der Waals surface area contributed by atoms with Gasteiger partial charge in [0, 0.05) is 29.6 Å². The first-order valence-corrected chi connectivity index (χ1v) is 14.0. The maximum atomic E-state index is 12.6. The predicted molar refractivity (Wildman–Crippen MR) is 162 cm³/mol. The minimum atomic E-state index is -0.961. The predicted octanol–water partition coefficient (Wildman–Crippen LogP) is 8.56. The highest BCUT2D eigenvalue weighted by molar-refractivity contribution is 6.35. The van der Waals surface area contributed by atoms with Gasteiger partial charge >= 0.3 is 5.97 Å². The Balaban J connectivity index is 1.76. The molecule has 212 valence electrons. The van der Waals surface area contributed by atoms with Gasteiger partial charge in [-0.1, -0.05) is 29.3 Å². The summed E-state index contributed by atoms with van der Waals surface area (Å²) in [6.45, 7) is 11.0. The molecule has 1 aromatic heterocycles. The number of carbonyl (C=O) groups is 1. The highest BCUT2D eigenvalue weighted by atomic mass is 35.5. The second-order valence-electron chi connectivity index (χ2n) is 10.0. The van der Waals surface area contributed by atoms with Crippen molar-refractivity contribution in [2.45, 2.75) is 54.0 Å². The number of fused-ring (bicyclic) bond motifs is 1. The summed E-state index contributed by atoms with van der Waals surface area (Å²) < 4.78 is 18.6. The van der Waals surface area contributed by atoms with Crippen molar-refractivity contribution in [2.24, 2.45) is 0 Å². The molecule has 0 saturated carbocycles. The molecule has 3 aromatic carbocycles. The Labute approximate surface area is 245 Å². The van der Waals surface area contributed by atoms with Crippen molar-refractivity contribution in [1.82, 2.24) is 4.57 Å². The van der Waals surface area contributed by atoms with Crippen LogP contribution in [0.5, 0.6) is 11.5 Å². The highest BCUT2D eigenvalue weighted by Gasteiger charge is 2.26. The van der Waals surface area contributed by atoms with Crippen LogP contribution in [-0.2, 0) is 17.7 Å². The second-order valence-corrected chi connectivity index (χ2v) is 10.8. The second kappa shape index (κ2) is 12.5. The largest absolute Gasteiger partial charge is 0.494 e. The summed E-state index contributed by atoms with van der Waals surface area (Å²) in [5.74, 6) is 0.497. The van der Waals surface area contributed by atoms with Gasteiger partial charge in [0.25, 0.3) is 0 Å². The monoisotopic (exact) mass is 583 g/mol. The lowest BCUT2D eigenvalue weighted by Gasteiger charge is -2.17. The lowest BCUT2D eigenvalue weighted by atomic mass is 9.93. The fourth-order valence-electron chi connectivity index (χ4n) is 5.50. The van der Waals surface area contributed by atoms with Gasteiger partial charge in [-0.3, -0.25) is 0 Å². The van der Waals surface area contributed by atoms with E-state index < -0.39 is 5.97 Å². The number of carboxylic acid groups (broad SMARTS) is 1. The Morgan fingerprint density at radius 1 is 0.900 bits per heavy atom. The van der Waals surface area contributed by atoms with Crippen molar-refractivity contribution in [3.63, 3.8) is 0 Å². The first kappa shape index (κ1) is 29.8. The van der Waals surface area contributed by atoms with Gasteiger partial charge in [0.05, 0.1) is 17.1 Å². The van der Waals surface area contributed by atoms with E-state index in [4.69, 9.17) is 37.4 Å². The molecule has 4 aromatic rings. The summed E-state index contributed by atoms with van der Waals surface area (Å²) in [6.07, 6.45) is 1.19. The van der Waals surface area contributed by atoms with Gasteiger partial charge in [0.1, 0.15) is 17.2 Å². The number of carboxylic acids is 1. The van der Waals surface area contributed by atoms with Crippen molar-refractivity contribution in [1.29, 1.82) is 0 Å². The van der Waals surface area contributed by atoms with E-state index in [0.717, 1.165) is 60.6 Å². The zero-order valence-corrected chi connectivity index (χ0v) is 25.3. The Bertz CT molecular complexity index is 1530. The molecule has 0 aliphatic heterocycles. The minimum Gasteiger partial charge on any atom is -0.494 e. The molecular weight excluding hydrogens is 549 g/mol. The van der Waals surface area contributed by atoms with Crippen LogP contribution in [0.3, 0.4) is 0 Å². The number of halogens is 2. The normalized spacial score (nSPS) is 11.3. The van der Waals surface area contributed by atoms with E-state index in [1.807, 2.05) is 75.6 Å². The smallest absolute Gasteiger partial charge is 0.352 e. The van der Waals surface area contributed by atoms with Crippen molar-refractivity contribution >= 4 is 40.1 Å². The van der Waals surface area contributed by atoms with E-state index in [1.165, 1.54) is 0 Å². The van der Waals surface area contributed by atoms with E-state index in [9.17, 15) is 9.90 Å². The number of nitrogens with zero attached hydrogens (tertiary/aromatic N) is 1. The number of benzene rings is 3. The Morgan fingerprint density at radius 2 is 1.50 bits per heavy atom. The van der Waals surface area contributed by atoms with E-state index in [2.05, 4.69) is 0 Å². The van der Waals surface area contributed by atoms with Crippen LogP contribution in [0.25, 0.3) is 22.0 Å². The van der Waals surface area contributed by atoms with E-state index >= 15 is 0 Å². The first-order valence-electron chi connectivity index (χ1n) is 13.3. The SMILES string of the molecule is CCn1c(C(=O)O)c(CCCOc2cc(C)c(Cl)c(C)c2)c2ccc(Cl)c(-c3c(C)cc(OCOC)cc3C)c21. The summed E-state index contributed by atoms with van der Waals surface area (Å²) in [6, 6.07) is 11.5. The molecule has 0 aliphatic rings. The van der Waals surface area contributed by atoms with Gasteiger partial charge in [-0.25, -0.2) is 4.79 Å². The number of rotatable bonds is 11. The van der Waals surface area contributed by atoms with Gasteiger partial charge in [-0.05, 0) is 111 Å². The Hall–Kier alpha value is -3.19. The molecule has 0 fully saturated rings. The standard InChI is InChI=1S/C32H35Cl2NO5/c1-7-35-30-25(10-11-26(33)28(30)27-18(2)13-23(14-19(27)3)40-17-38-6)24(31(35)32(36)37)9-8-12-39-22-15-20(4)29(34)21(5)16-22/h10-11,13-16H,7-9,12,17H2,1-6H3,(H,36,37). The van der Waals surface area contributed by atoms with Crippen LogP contribution in [0.4, 0.5) is 0 Å². The van der Waals surface area contributed by atoms with E-state index in [0.29, 0.717) is 36.8 Å². The lowest BCUT2D eigenvalue weighted by molar-refractivity contribution is 0.0510. The van der Waals surface area contributed by atoms with Gasteiger partial charge in [0.15, 0.2) is 6.79 Å². The average molecular weight is 585 g/mol. The molecule has 0 radical (unpaired) electrons. The van der Waals surface area contributed by atoms with Crippen LogP contribution >= 0.6 is 23.2 Å². The molecule has 4 rings (SSSR count). The first-order chi connectivity index (χ1) is 19.1. The highest BCUT2D eigenvalue weighted by Crippen LogP contribution is 2.43. The summed E-state index contributed by atoms with van der Waals surface area (Å²) in [7, 11) is 1.58. The number of methoxy groups -OCH3 is 1. The topological polar surface area (TPSA) is 69.9 Å².